The van der Waals surface area contributed by atoms with Crippen molar-refractivity contribution in [3.8, 4) is 0 Å². The molecule has 2 nitrogen and oxygen atoms in total. The van der Waals surface area contributed by atoms with Gasteiger partial charge in [-0.3, -0.25) is 0 Å². The monoisotopic (exact) mass is 240 g/mol. The van der Waals surface area contributed by atoms with E-state index in [0.717, 1.165) is 30.6 Å². The Kier molecular flexibility index (Phi) is 4.13. The first-order valence-corrected chi connectivity index (χ1v) is 6.06. The Morgan fingerprint density at radius 2 is 1.83 bits per heavy atom. The van der Waals surface area contributed by atoms with Gasteiger partial charge in [-0.25, -0.2) is 4.79 Å². The van der Waals surface area contributed by atoms with Gasteiger partial charge in [0.15, 0.2) is 0 Å². The van der Waals surface area contributed by atoms with Crippen molar-refractivity contribution in [2.24, 2.45) is 0 Å². The normalized spacial score (nSPS) is 10.2. The highest BCUT2D eigenvalue weighted by Gasteiger charge is 2.05. The smallest absolute Gasteiger partial charge is 0.335 e. The Morgan fingerprint density at radius 3 is 2.56 bits per heavy atom. The second-order valence-corrected chi connectivity index (χ2v) is 4.18. The molecule has 0 saturated carbocycles. The van der Waals surface area contributed by atoms with E-state index in [2.05, 4.69) is 18.7 Å². The van der Waals surface area contributed by atoms with Gasteiger partial charge in [0.1, 0.15) is 5.76 Å². The molecular formula is C16H16O2. The maximum absolute atomic E-state index is 11.3. The lowest BCUT2D eigenvalue weighted by Gasteiger charge is -2.05. The minimum Gasteiger partial charge on any atom is -0.428 e. The highest BCUT2D eigenvalue weighted by atomic mass is 16.4. The van der Waals surface area contributed by atoms with Crippen LogP contribution in [0.25, 0.3) is 0 Å². The summed E-state index contributed by atoms with van der Waals surface area (Å²) in [6, 6.07) is 13.5. The number of hydrogen-bond acceptors (Lipinski definition) is 2. The largest absolute Gasteiger partial charge is 0.428 e. The predicted octanol–water partition coefficient (Wildman–Crippen LogP) is 3.15. The molecule has 0 spiro atoms. The number of benzene rings is 1. The molecule has 0 unspecified atom stereocenters. The standard InChI is InChI=1S/C16H16O2/c1-2-6-14-10-12-16(17)18-15(14)11-9-13-7-4-3-5-8-13/h2-5,7-8,10,12H,1,6,9,11H2. The third-order valence-electron chi connectivity index (χ3n) is 2.85. The summed E-state index contributed by atoms with van der Waals surface area (Å²) < 4.78 is 5.28. The zero-order valence-electron chi connectivity index (χ0n) is 10.3. The molecule has 0 fully saturated rings. The van der Waals surface area contributed by atoms with E-state index in [0.29, 0.717) is 0 Å². The number of hydrogen-bond donors (Lipinski definition) is 0. The van der Waals surface area contributed by atoms with Crippen LogP contribution in [0.1, 0.15) is 16.9 Å². The van der Waals surface area contributed by atoms with Crippen molar-refractivity contribution < 1.29 is 4.42 Å². The lowest BCUT2D eigenvalue weighted by Crippen LogP contribution is -2.04. The molecule has 1 heterocycles. The van der Waals surface area contributed by atoms with Gasteiger partial charge in [0, 0.05) is 12.5 Å². The van der Waals surface area contributed by atoms with Crippen LogP contribution in [0.5, 0.6) is 0 Å². The average molecular weight is 240 g/mol. The summed E-state index contributed by atoms with van der Waals surface area (Å²) in [4.78, 5) is 11.3. The average Bonchev–Trinajstić information content (AvgIpc) is 2.40. The van der Waals surface area contributed by atoms with Crippen LogP contribution in [-0.2, 0) is 19.3 Å². The van der Waals surface area contributed by atoms with E-state index < -0.39 is 0 Å². The van der Waals surface area contributed by atoms with Crippen molar-refractivity contribution in [1.29, 1.82) is 0 Å². The van der Waals surface area contributed by atoms with Crippen molar-refractivity contribution in [2.75, 3.05) is 0 Å². The number of rotatable bonds is 5. The van der Waals surface area contributed by atoms with Crippen LogP contribution in [-0.4, -0.2) is 0 Å². The van der Waals surface area contributed by atoms with Gasteiger partial charge in [-0.2, -0.15) is 0 Å². The molecule has 0 amide bonds. The third kappa shape index (κ3) is 3.20. The van der Waals surface area contributed by atoms with Gasteiger partial charge in [0.2, 0.25) is 0 Å². The molecule has 92 valence electrons. The number of aryl methyl sites for hydroxylation is 2. The fourth-order valence-electron chi connectivity index (χ4n) is 1.93. The molecule has 0 aliphatic heterocycles. The molecule has 1 aromatic heterocycles. The van der Waals surface area contributed by atoms with Crippen LogP contribution in [0.2, 0.25) is 0 Å². The first kappa shape index (κ1) is 12.4. The minimum atomic E-state index is -0.286. The van der Waals surface area contributed by atoms with E-state index in [9.17, 15) is 4.79 Å². The van der Waals surface area contributed by atoms with E-state index in [1.165, 1.54) is 11.6 Å². The maximum Gasteiger partial charge on any atom is 0.335 e. The fraction of sp³-hybridized carbons (Fsp3) is 0.188. The summed E-state index contributed by atoms with van der Waals surface area (Å²) in [7, 11) is 0. The van der Waals surface area contributed by atoms with Gasteiger partial charge in [-0.1, -0.05) is 36.4 Å². The highest BCUT2D eigenvalue weighted by Crippen LogP contribution is 2.11. The minimum absolute atomic E-state index is 0.286. The Balaban J connectivity index is 2.15. The van der Waals surface area contributed by atoms with Crippen LogP contribution in [0.4, 0.5) is 0 Å². The maximum atomic E-state index is 11.3. The molecule has 0 radical (unpaired) electrons. The van der Waals surface area contributed by atoms with Crippen LogP contribution in [0.15, 0.2) is 64.3 Å². The van der Waals surface area contributed by atoms with Crippen LogP contribution in [0.3, 0.4) is 0 Å². The molecule has 18 heavy (non-hydrogen) atoms. The quantitative estimate of drug-likeness (QED) is 0.751. The van der Waals surface area contributed by atoms with E-state index in [1.54, 1.807) is 0 Å². The Bertz CT molecular complexity index is 567. The van der Waals surface area contributed by atoms with Crippen LogP contribution >= 0.6 is 0 Å². The van der Waals surface area contributed by atoms with E-state index >= 15 is 0 Å². The molecule has 0 aliphatic rings. The summed E-state index contributed by atoms with van der Waals surface area (Å²) >= 11 is 0. The van der Waals surface area contributed by atoms with Crippen LogP contribution in [0, 0.1) is 0 Å². The molecule has 2 rings (SSSR count). The van der Waals surface area contributed by atoms with E-state index in [-0.39, 0.29) is 5.63 Å². The number of allylic oxidation sites excluding steroid dienone is 1. The summed E-state index contributed by atoms with van der Waals surface area (Å²) in [6.45, 7) is 3.72. The second kappa shape index (κ2) is 6.01. The van der Waals surface area contributed by atoms with Gasteiger partial charge in [0.05, 0.1) is 0 Å². The first-order valence-electron chi connectivity index (χ1n) is 6.06. The molecule has 0 N–H and O–H groups in total. The molecule has 0 atom stereocenters. The molecular weight excluding hydrogens is 224 g/mol. The van der Waals surface area contributed by atoms with Crippen molar-refractivity contribution in [3.63, 3.8) is 0 Å². The Morgan fingerprint density at radius 1 is 1.06 bits per heavy atom. The summed E-state index contributed by atoms with van der Waals surface area (Å²) in [6.07, 6.45) is 4.16. The molecule has 0 saturated heterocycles. The lowest BCUT2D eigenvalue weighted by molar-refractivity contribution is 0.452. The SMILES string of the molecule is C=CCc1ccc(=O)oc1CCc1ccccc1. The zero-order valence-corrected chi connectivity index (χ0v) is 10.3. The van der Waals surface area contributed by atoms with Gasteiger partial charge in [-0.05, 0) is 30.0 Å². The molecule has 0 bridgehead atoms. The van der Waals surface area contributed by atoms with Gasteiger partial charge >= 0.3 is 5.63 Å². The molecule has 0 aliphatic carbocycles. The Hall–Kier alpha value is -2.09. The second-order valence-electron chi connectivity index (χ2n) is 4.18. The molecule has 2 heteroatoms. The molecule has 1 aromatic carbocycles. The van der Waals surface area contributed by atoms with E-state index in [1.807, 2.05) is 30.3 Å². The topological polar surface area (TPSA) is 30.2 Å². The summed E-state index contributed by atoms with van der Waals surface area (Å²) in [5.74, 6) is 0.770. The van der Waals surface area contributed by atoms with Crippen molar-refractivity contribution in [3.05, 3.63) is 82.4 Å². The third-order valence-corrected chi connectivity index (χ3v) is 2.85. The highest BCUT2D eigenvalue weighted by molar-refractivity contribution is 5.22. The van der Waals surface area contributed by atoms with Crippen molar-refractivity contribution in [1.82, 2.24) is 0 Å². The van der Waals surface area contributed by atoms with Gasteiger partial charge in [0.25, 0.3) is 0 Å². The van der Waals surface area contributed by atoms with Crippen molar-refractivity contribution >= 4 is 0 Å². The zero-order chi connectivity index (χ0) is 12.8. The van der Waals surface area contributed by atoms with Crippen molar-refractivity contribution in [2.45, 2.75) is 19.3 Å². The predicted molar refractivity (Wildman–Crippen MR) is 72.7 cm³/mol. The van der Waals surface area contributed by atoms with Crippen LogP contribution < -0.4 is 5.63 Å². The molecule has 2 aromatic rings. The summed E-state index contributed by atoms with van der Waals surface area (Å²) in [5, 5.41) is 0. The summed E-state index contributed by atoms with van der Waals surface area (Å²) in [5.41, 5.74) is 2.00. The fourth-order valence-corrected chi connectivity index (χ4v) is 1.93. The lowest BCUT2D eigenvalue weighted by atomic mass is 10.0. The first-order chi connectivity index (χ1) is 8.79. The van der Waals surface area contributed by atoms with E-state index in [4.69, 9.17) is 4.42 Å². The Labute approximate surface area is 107 Å². The van der Waals surface area contributed by atoms with Gasteiger partial charge < -0.3 is 4.42 Å². The van der Waals surface area contributed by atoms with Gasteiger partial charge in [-0.15, -0.1) is 6.58 Å².